The van der Waals surface area contributed by atoms with Gasteiger partial charge < -0.3 is 14.8 Å². The van der Waals surface area contributed by atoms with Gasteiger partial charge in [0.1, 0.15) is 18.5 Å². The van der Waals surface area contributed by atoms with Crippen LogP contribution in [-0.4, -0.2) is 35.7 Å². The molecule has 0 fully saturated rings. The lowest BCUT2D eigenvalue weighted by atomic mass is 9.97. The van der Waals surface area contributed by atoms with Crippen LogP contribution in [0.2, 0.25) is 0 Å². The molecule has 0 saturated heterocycles. The Bertz CT molecular complexity index is 1040. The normalized spacial score (nSPS) is 17.9. The van der Waals surface area contributed by atoms with E-state index in [1.165, 1.54) is 11.8 Å². The molecule has 0 spiro atoms. The van der Waals surface area contributed by atoms with Gasteiger partial charge in [0.25, 0.3) is 6.43 Å². The number of methoxy groups -OCH3 is 2. The van der Waals surface area contributed by atoms with Gasteiger partial charge in [0, 0.05) is 11.6 Å². The fourth-order valence-corrected chi connectivity index (χ4v) is 3.82. The molecular formula is C22H23F2N3O4. The van der Waals surface area contributed by atoms with Gasteiger partial charge in [-0.05, 0) is 29.7 Å². The fraction of sp³-hybridized carbons (Fsp3) is 0.318. The van der Waals surface area contributed by atoms with E-state index in [0.29, 0.717) is 23.0 Å². The summed E-state index contributed by atoms with van der Waals surface area (Å²) >= 11 is 0. The van der Waals surface area contributed by atoms with Crippen LogP contribution >= 0.6 is 0 Å². The Morgan fingerprint density at radius 1 is 1.10 bits per heavy atom. The summed E-state index contributed by atoms with van der Waals surface area (Å²) in [6.45, 7) is 0.0714. The first-order valence-corrected chi connectivity index (χ1v) is 9.76. The molecule has 0 bridgehead atoms. The number of hydrogen-bond donors (Lipinski definition) is 2. The Morgan fingerprint density at radius 3 is 2.48 bits per heavy atom. The quantitative estimate of drug-likeness (QED) is 0.408. The summed E-state index contributed by atoms with van der Waals surface area (Å²) in [5.41, 5.74) is 2.97. The van der Waals surface area contributed by atoms with Crippen LogP contribution in [0.3, 0.4) is 0 Å². The van der Waals surface area contributed by atoms with Gasteiger partial charge >= 0.3 is 0 Å². The van der Waals surface area contributed by atoms with Crippen LogP contribution in [0.15, 0.2) is 48.5 Å². The molecule has 4 rings (SSSR count). The molecule has 1 aromatic heterocycles. The number of benzene rings is 2. The average molecular weight is 431 g/mol. The number of nitrogens with one attached hydrogen (secondary N) is 1. The molecule has 2 atom stereocenters. The van der Waals surface area contributed by atoms with Crippen LogP contribution in [-0.2, 0) is 11.5 Å². The van der Waals surface area contributed by atoms with Crippen molar-refractivity contribution >= 4 is 5.82 Å². The van der Waals surface area contributed by atoms with E-state index in [-0.39, 0.29) is 19.1 Å². The highest BCUT2D eigenvalue weighted by Crippen LogP contribution is 2.41. The number of nitrogens with zero attached hydrogens (tertiary/aromatic N) is 2. The third-order valence-corrected chi connectivity index (χ3v) is 5.43. The predicted octanol–water partition coefficient (Wildman–Crippen LogP) is 4.92. The first kappa shape index (κ1) is 21.1. The molecule has 7 nitrogen and oxygen atoms in total. The summed E-state index contributed by atoms with van der Waals surface area (Å²) in [7, 11) is 3.09. The van der Waals surface area contributed by atoms with Crippen molar-refractivity contribution in [1.29, 1.82) is 0 Å². The summed E-state index contributed by atoms with van der Waals surface area (Å²) in [4.78, 5) is 4.14. The molecule has 0 saturated carbocycles. The molecule has 0 radical (unpaired) electrons. The van der Waals surface area contributed by atoms with Crippen molar-refractivity contribution in [3.05, 3.63) is 59.7 Å². The van der Waals surface area contributed by atoms with E-state index in [1.54, 1.807) is 37.4 Å². The van der Waals surface area contributed by atoms with Crippen LogP contribution < -0.4 is 14.8 Å². The minimum absolute atomic E-state index is 0.0714. The number of halogens is 2. The van der Waals surface area contributed by atoms with E-state index < -0.39 is 12.5 Å². The zero-order chi connectivity index (χ0) is 22.0. The molecule has 2 heterocycles. The highest BCUT2D eigenvalue weighted by molar-refractivity contribution is 5.64. The Labute approximate surface area is 178 Å². The average Bonchev–Trinajstić information content (AvgIpc) is 3.22. The Morgan fingerprint density at radius 2 is 1.84 bits per heavy atom. The van der Waals surface area contributed by atoms with Gasteiger partial charge in [-0.25, -0.2) is 18.4 Å². The van der Waals surface area contributed by atoms with E-state index in [4.69, 9.17) is 14.7 Å². The second kappa shape index (κ2) is 8.91. The summed E-state index contributed by atoms with van der Waals surface area (Å²) in [6, 6.07) is 13.0. The standard InChI is InChI=1S/C22H23F2N3O4/c1-29-19-8-7-15(9-20(19)30-2)16-10-18(22(23)24)27-21(25-16)11-17(26-27)14-5-3-13(4-6-14)12-31-28/h3-9,11,16,18,22,25,28H,10,12H2,1-2H3. The number of aromatic nitrogens is 2. The Kier molecular flexibility index (Phi) is 6.06. The molecule has 2 aromatic carbocycles. The second-order valence-electron chi connectivity index (χ2n) is 7.28. The molecule has 2 unspecified atom stereocenters. The van der Waals surface area contributed by atoms with Crippen molar-refractivity contribution in [3.8, 4) is 22.8 Å². The van der Waals surface area contributed by atoms with Crippen molar-refractivity contribution in [3.63, 3.8) is 0 Å². The lowest BCUT2D eigenvalue weighted by Gasteiger charge is -2.32. The first-order chi connectivity index (χ1) is 15.0. The van der Waals surface area contributed by atoms with Crippen molar-refractivity contribution in [2.24, 2.45) is 0 Å². The lowest BCUT2D eigenvalue weighted by Crippen LogP contribution is -2.30. The van der Waals surface area contributed by atoms with Gasteiger partial charge in [-0.2, -0.15) is 5.10 Å². The summed E-state index contributed by atoms with van der Waals surface area (Å²) in [5, 5.41) is 16.3. The number of ether oxygens (including phenoxy) is 2. The summed E-state index contributed by atoms with van der Waals surface area (Å²) in [5.74, 6) is 1.64. The molecule has 9 heteroatoms. The lowest BCUT2D eigenvalue weighted by molar-refractivity contribution is -0.253. The van der Waals surface area contributed by atoms with E-state index in [2.05, 4.69) is 15.3 Å². The first-order valence-electron chi connectivity index (χ1n) is 9.76. The van der Waals surface area contributed by atoms with Crippen LogP contribution in [0.4, 0.5) is 14.6 Å². The van der Waals surface area contributed by atoms with Crippen LogP contribution in [0, 0.1) is 0 Å². The van der Waals surface area contributed by atoms with Crippen molar-refractivity contribution in [1.82, 2.24) is 9.78 Å². The molecular weight excluding hydrogens is 408 g/mol. The van der Waals surface area contributed by atoms with E-state index in [0.717, 1.165) is 16.7 Å². The van der Waals surface area contributed by atoms with Crippen LogP contribution in [0.5, 0.6) is 11.5 Å². The maximum Gasteiger partial charge on any atom is 0.260 e. The third kappa shape index (κ3) is 4.19. The largest absolute Gasteiger partial charge is 0.493 e. The Hall–Kier alpha value is -3.17. The molecule has 0 amide bonds. The van der Waals surface area contributed by atoms with E-state index in [9.17, 15) is 8.78 Å². The molecule has 1 aliphatic rings. The van der Waals surface area contributed by atoms with Crippen molar-refractivity contribution in [2.45, 2.75) is 31.5 Å². The zero-order valence-corrected chi connectivity index (χ0v) is 17.1. The monoisotopic (exact) mass is 431 g/mol. The SMILES string of the molecule is COc1ccc(C2CC(C(F)F)n3nc(-c4ccc(COO)cc4)cc3N2)cc1OC. The Balaban J connectivity index is 1.66. The minimum Gasteiger partial charge on any atom is -0.493 e. The highest BCUT2D eigenvalue weighted by atomic mass is 19.3. The zero-order valence-electron chi connectivity index (χ0n) is 17.1. The minimum atomic E-state index is -2.57. The van der Waals surface area contributed by atoms with Gasteiger partial charge in [-0.15, -0.1) is 0 Å². The number of alkyl halides is 2. The molecule has 31 heavy (non-hydrogen) atoms. The van der Waals surface area contributed by atoms with E-state index in [1.807, 2.05) is 18.2 Å². The second-order valence-corrected chi connectivity index (χ2v) is 7.28. The van der Waals surface area contributed by atoms with Crippen molar-refractivity contribution in [2.75, 3.05) is 19.5 Å². The van der Waals surface area contributed by atoms with Gasteiger partial charge in [0.2, 0.25) is 0 Å². The third-order valence-electron chi connectivity index (χ3n) is 5.43. The van der Waals surface area contributed by atoms with Crippen LogP contribution in [0.25, 0.3) is 11.3 Å². The smallest absolute Gasteiger partial charge is 0.260 e. The highest BCUT2D eigenvalue weighted by Gasteiger charge is 2.35. The summed E-state index contributed by atoms with van der Waals surface area (Å²) in [6.07, 6.45) is -2.39. The molecule has 164 valence electrons. The maximum atomic E-state index is 13.9. The van der Waals surface area contributed by atoms with Gasteiger partial charge in [0.15, 0.2) is 11.5 Å². The molecule has 1 aliphatic heterocycles. The predicted molar refractivity (Wildman–Crippen MR) is 111 cm³/mol. The summed E-state index contributed by atoms with van der Waals surface area (Å²) < 4.78 is 39.9. The fourth-order valence-electron chi connectivity index (χ4n) is 3.82. The molecule has 0 aliphatic carbocycles. The van der Waals surface area contributed by atoms with Crippen LogP contribution in [0.1, 0.15) is 29.6 Å². The number of anilines is 1. The van der Waals surface area contributed by atoms with Crippen molar-refractivity contribution < 1.29 is 28.4 Å². The van der Waals surface area contributed by atoms with Gasteiger partial charge in [-0.3, -0.25) is 5.26 Å². The molecule has 3 aromatic rings. The number of hydrogen-bond acceptors (Lipinski definition) is 6. The maximum absolute atomic E-state index is 13.9. The van der Waals surface area contributed by atoms with E-state index >= 15 is 0 Å². The van der Waals surface area contributed by atoms with Gasteiger partial charge in [0.05, 0.1) is 26.0 Å². The number of rotatable bonds is 7. The number of fused-ring (bicyclic) bond motifs is 1. The topological polar surface area (TPSA) is 77.8 Å². The molecule has 2 N–H and O–H groups in total. The van der Waals surface area contributed by atoms with Gasteiger partial charge in [-0.1, -0.05) is 30.3 Å².